The fourth-order valence-corrected chi connectivity index (χ4v) is 1.78. The minimum Gasteiger partial charge on any atom is -0.495 e. The van der Waals surface area contributed by atoms with E-state index in [9.17, 15) is 4.79 Å². The second kappa shape index (κ2) is 7.86. The average Bonchev–Trinajstić information content (AvgIpc) is 2.40. The van der Waals surface area contributed by atoms with Gasteiger partial charge in [0.25, 0.3) is 0 Å². The third-order valence-electron chi connectivity index (χ3n) is 2.53. The van der Waals surface area contributed by atoms with Gasteiger partial charge in [0.15, 0.2) is 0 Å². The molecule has 0 unspecified atom stereocenters. The van der Waals surface area contributed by atoms with Crippen LogP contribution in [0.3, 0.4) is 0 Å². The minimum absolute atomic E-state index is 0.0939. The maximum absolute atomic E-state index is 11.8. The number of carbonyl (C=O) groups is 1. The highest BCUT2D eigenvalue weighted by atomic mass is 35.5. The molecule has 0 fully saturated rings. The molecule has 0 atom stereocenters. The number of nitrogens with one attached hydrogen (secondary N) is 2. The van der Waals surface area contributed by atoms with Gasteiger partial charge < -0.3 is 20.1 Å². The zero-order chi connectivity index (χ0) is 14.3. The first kappa shape index (κ1) is 15.6. The zero-order valence-corrected chi connectivity index (χ0v) is 12.1. The maximum Gasteiger partial charge on any atom is 0.225 e. The number of hydrogen-bond acceptors (Lipinski definition) is 4. The van der Waals surface area contributed by atoms with E-state index in [1.807, 2.05) is 6.92 Å². The number of amides is 1. The van der Waals surface area contributed by atoms with Crippen molar-refractivity contribution < 1.29 is 14.3 Å². The Morgan fingerprint density at radius 1 is 1.26 bits per heavy atom. The van der Waals surface area contributed by atoms with Gasteiger partial charge in [-0.1, -0.05) is 18.5 Å². The maximum atomic E-state index is 11.8. The van der Waals surface area contributed by atoms with Crippen molar-refractivity contribution in [2.45, 2.75) is 13.3 Å². The van der Waals surface area contributed by atoms with E-state index in [0.29, 0.717) is 35.2 Å². The Morgan fingerprint density at radius 3 is 2.53 bits per heavy atom. The Hall–Kier alpha value is -1.46. The number of halogens is 1. The number of ether oxygens (including phenoxy) is 2. The van der Waals surface area contributed by atoms with Crippen LogP contribution in [0.2, 0.25) is 5.02 Å². The van der Waals surface area contributed by atoms with Crippen molar-refractivity contribution >= 4 is 23.2 Å². The highest BCUT2D eigenvalue weighted by Crippen LogP contribution is 2.35. The number of rotatable bonds is 7. The lowest BCUT2D eigenvalue weighted by Gasteiger charge is -2.13. The Balaban J connectivity index is 2.78. The standard InChI is InChI=1S/C13H19ClN2O3/c1-4-15-6-5-13(17)16-10-8-11(18-2)9(14)7-12(10)19-3/h7-8,15H,4-6H2,1-3H3,(H,16,17). The highest BCUT2D eigenvalue weighted by Gasteiger charge is 2.12. The first-order valence-corrected chi connectivity index (χ1v) is 6.42. The summed E-state index contributed by atoms with van der Waals surface area (Å²) in [6.45, 7) is 3.46. The number of hydrogen-bond donors (Lipinski definition) is 2. The van der Waals surface area contributed by atoms with Crippen molar-refractivity contribution in [2.24, 2.45) is 0 Å². The quantitative estimate of drug-likeness (QED) is 0.755. The third-order valence-corrected chi connectivity index (χ3v) is 2.82. The van der Waals surface area contributed by atoms with Gasteiger partial charge in [-0.25, -0.2) is 0 Å². The summed E-state index contributed by atoms with van der Waals surface area (Å²) in [4.78, 5) is 11.8. The van der Waals surface area contributed by atoms with Crippen LogP contribution in [0, 0.1) is 0 Å². The predicted octanol–water partition coefficient (Wildman–Crippen LogP) is 2.30. The SMILES string of the molecule is CCNCCC(=O)Nc1cc(OC)c(Cl)cc1OC. The molecule has 2 N–H and O–H groups in total. The molecule has 1 aromatic rings. The van der Waals surface area contributed by atoms with Crippen LogP contribution >= 0.6 is 11.6 Å². The van der Waals surface area contributed by atoms with Crippen LogP contribution in [-0.4, -0.2) is 33.2 Å². The molecular formula is C13H19ClN2O3. The lowest BCUT2D eigenvalue weighted by atomic mass is 10.2. The van der Waals surface area contributed by atoms with Gasteiger partial charge in [-0.3, -0.25) is 4.79 Å². The van der Waals surface area contributed by atoms with E-state index in [2.05, 4.69) is 10.6 Å². The van der Waals surface area contributed by atoms with Crippen LogP contribution in [0.4, 0.5) is 5.69 Å². The van der Waals surface area contributed by atoms with Crippen molar-refractivity contribution in [3.8, 4) is 11.5 Å². The van der Waals surface area contributed by atoms with Gasteiger partial charge in [-0.2, -0.15) is 0 Å². The van der Waals surface area contributed by atoms with Gasteiger partial charge in [0.1, 0.15) is 11.5 Å². The van der Waals surface area contributed by atoms with Crippen LogP contribution in [-0.2, 0) is 4.79 Å². The molecule has 0 heterocycles. The van der Waals surface area contributed by atoms with Crippen molar-refractivity contribution in [3.63, 3.8) is 0 Å². The van der Waals surface area contributed by atoms with Gasteiger partial charge in [0.2, 0.25) is 5.91 Å². The molecule has 0 spiro atoms. The molecule has 0 saturated carbocycles. The number of methoxy groups -OCH3 is 2. The van der Waals surface area contributed by atoms with E-state index in [-0.39, 0.29) is 5.91 Å². The second-order valence-electron chi connectivity index (χ2n) is 3.84. The summed E-state index contributed by atoms with van der Waals surface area (Å²) in [6.07, 6.45) is 0.391. The van der Waals surface area contributed by atoms with Gasteiger partial charge >= 0.3 is 0 Å². The monoisotopic (exact) mass is 286 g/mol. The van der Waals surface area contributed by atoms with Crippen LogP contribution in [0.1, 0.15) is 13.3 Å². The first-order valence-electron chi connectivity index (χ1n) is 6.04. The van der Waals surface area contributed by atoms with E-state index in [4.69, 9.17) is 21.1 Å². The smallest absolute Gasteiger partial charge is 0.225 e. The summed E-state index contributed by atoms with van der Waals surface area (Å²) < 4.78 is 10.3. The highest BCUT2D eigenvalue weighted by molar-refractivity contribution is 6.32. The lowest BCUT2D eigenvalue weighted by molar-refractivity contribution is -0.116. The van der Waals surface area contributed by atoms with E-state index < -0.39 is 0 Å². The summed E-state index contributed by atoms with van der Waals surface area (Å²) in [5, 5.41) is 6.30. The zero-order valence-electron chi connectivity index (χ0n) is 11.4. The Morgan fingerprint density at radius 2 is 1.95 bits per heavy atom. The molecule has 0 bridgehead atoms. The molecule has 0 saturated heterocycles. The Bertz CT molecular complexity index is 438. The lowest BCUT2D eigenvalue weighted by Crippen LogP contribution is -2.21. The molecule has 0 aliphatic carbocycles. The molecule has 0 aliphatic heterocycles. The summed E-state index contributed by atoms with van der Waals surface area (Å²) in [5.74, 6) is 0.899. The van der Waals surface area contributed by atoms with Crippen LogP contribution in [0.15, 0.2) is 12.1 Å². The van der Waals surface area contributed by atoms with E-state index in [1.165, 1.54) is 14.2 Å². The number of benzene rings is 1. The largest absolute Gasteiger partial charge is 0.495 e. The first-order chi connectivity index (χ1) is 9.12. The van der Waals surface area contributed by atoms with Crippen molar-refractivity contribution in [3.05, 3.63) is 17.2 Å². The number of anilines is 1. The van der Waals surface area contributed by atoms with Gasteiger partial charge in [-0.15, -0.1) is 0 Å². The predicted molar refractivity (Wildman–Crippen MR) is 76.3 cm³/mol. The van der Waals surface area contributed by atoms with Crippen LogP contribution in [0.5, 0.6) is 11.5 Å². The van der Waals surface area contributed by atoms with Gasteiger partial charge in [0, 0.05) is 25.1 Å². The topological polar surface area (TPSA) is 59.6 Å². The molecular weight excluding hydrogens is 268 g/mol. The summed E-state index contributed by atoms with van der Waals surface area (Å²) in [5.41, 5.74) is 0.547. The molecule has 1 rings (SSSR count). The summed E-state index contributed by atoms with van der Waals surface area (Å²) >= 11 is 5.99. The summed E-state index contributed by atoms with van der Waals surface area (Å²) in [7, 11) is 3.04. The Kier molecular flexibility index (Phi) is 6.45. The Labute approximate surface area is 118 Å². The average molecular weight is 287 g/mol. The third kappa shape index (κ3) is 4.61. The fraction of sp³-hybridized carbons (Fsp3) is 0.462. The normalized spacial score (nSPS) is 10.1. The van der Waals surface area contributed by atoms with Gasteiger partial charge in [-0.05, 0) is 6.54 Å². The van der Waals surface area contributed by atoms with Crippen molar-refractivity contribution in [1.82, 2.24) is 5.32 Å². The number of carbonyl (C=O) groups excluding carboxylic acids is 1. The van der Waals surface area contributed by atoms with E-state index in [1.54, 1.807) is 12.1 Å². The van der Waals surface area contributed by atoms with Crippen LogP contribution in [0.25, 0.3) is 0 Å². The van der Waals surface area contributed by atoms with E-state index in [0.717, 1.165) is 6.54 Å². The molecule has 19 heavy (non-hydrogen) atoms. The van der Waals surface area contributed by atoms with Crippen molar-refractivity contribution in [1.29, 1.82) is 0 Å². The van der Waals surface area contributed by atoms with Crippen molar-refractivity contribution in [2.75, 3.05) is 32.6 Å². The molecule has 0 aliphatic rings. The molecule has 0 aromatic heterocycles. The van der Waals surface area contributed by atoms with E-state index >= 15 is 0 Å². The molecule has 1 aromatic carbocycles. The molecule has 1 amide bonds. The van der Waals surface area contributed by atoms with Gasteiger partial charge in [0.05, 0.1) is 24.9 Å². The fourth-order valence-electron chi connectivity index (χ4n) is 1.55. The minimum atomic E-state index is -0.0939. The molecule has 0 radical (unpaired) electrons. The summed E-state index contributed by atoms with van der Waals surface area (Å²) in [6, 6.07) is 3.26. The molecule has 5 nitrogen and oxygen atoms in total. The van der Waals surface area contributed by atoms with Crippen LogP contribution < -0.4 is 20.1 Å². The second-order valence-corrected chi connectivity index (χ2v) is 4.25. The molecule has 106 valence electrons. The molecule has 6 heteroatoms.